The molecule has 0 saturated carbocycles. The largest absolute Gasteiger partial charge is 0.496 e. The second kappa shape index (κ2) is 6.85. The quantitative estimate of drug-likeness (QED) is 0.901. The molecule has 2 atom stereocenters. The van der Waals surface area contributed by atoms with Crippen molar-refractivity contribution in [2.45, 2.75) is 24.0 Å². The van der Waals surface area contributed by atoms with E-state index in [2.05, 4.69) is 5.32 Å². The van der Waals surface area contributed by atoms with Gasteiger partial charge in [0.25, 0.3) is 0 Å². The van der Waals surface area contributed by atoms with Crippen molar-refractivity contribution in [3.63, 3.8) is 0 Å². The molecule has 2 amide bonds. The number of hydrogen-bond acceptors (Lipinski definition) is 4. The van der Waals surface area contributed by atoms with Gasteiger partial charge in [-0.3, -0.25) is 9.59 Å². The Labute approximate surface area is 129 Å². The molecule has 1 heterocycles. The van der Waals surface area contributed by atoms with Gasteiger partial charge in [0.05, 0.1) is 12.4 Å². The number of carbonyl (C=O) groups is 2. The van der Waals surface area contributed by atoms with E-state index < -0.39 is 0 Å². The lowest BCUT2D eigenvalue weighted by atomic mass is 10.1. The predicted molar refractivity (Wildman–Crippen MR) is 83.2 cm³/mol. The van der Waals surface area contributed by atoms with Gasteiger partial charge in [0.2, 0.25) is 11.8 Å². The standard InChI is InChI=1S/C15H20N2O3S/c1-10-14(19)17(9-8-13(18)16-2)15(21-10)11-6-4-5-7-12(11)20-3/h4-7,10,15H,8-9H2,1-3H3,(H,16,18). The number of amides is 2. The number of thioether (sulfide) groups is 1. The molecule has 5 nitrogen and oxygen atoms in total. The Kier molecular flexibility index (Phi) is 5.12. The van der Waals surface area contributed by atoms with Crippen LogP contribution in [0.15, 0.2) is 24.3 Å². The summed E-state index contributed by atoms with van der Waals surface area (Å²) < 4.78 is 5.39. The zero-order valence-corrected chi connectivity index (χ0v) is 13.3. The van der Waals surface area contributed by atoms with E-state index in [0.29, 0.717) is 13.0 Å². The number of benzene rings is 1. The SMILES string of the molecule is CNC(=O)CCN1C(=O)C(C)SC1c1ccccc1OC. The van der Waals surface area contributed by atoms with Crippen molar-refractivity contribution < 1.29 is 14.3 Å². The topological polar surface area (TPSA) is 58.6 Å². The van der Waals surface area contributed by atoms with Gasteiger partial charge in [0, 0.05) is 25.6 Å². The third-order valence-corrected chi connectivity index (χ3v) is 4.89. The molecular weight excluding hydrogens is 288 g/mol. The third kappa shape index (κ3) is 3.32. The lowest BCUT2D eigenvalue weighted by Crippen LogP contribution is -2.34. The minimum atomic E-state index is -0.107. The molecule has 1 saturated heterocycles. The van der Waals surface area contributed by atoms with E-state index in [-0.39, 0.29) is 22.4 Å². The van der Waals surface area contributed by atoms with Crippen molar-refractivity contribution in [1.82, 2.24) is 10.2 Å². The predicted octanol–water partition coefficient (Wildman–Crippen LogP) is 1.79. The van der Waals surface area contributed by atoms with Gasteiger partial charge >= 0.3 is 0 Å². The van der Waals surface area contributed by atoms with Crippen LogP contribution in [0.4, 0.5) is 0 Å². The highest BCUT2D eigenvalue weighted by Gasteiger charge is 2.39. The summed E-state index contributed by atoms with van der Waals surface area (Å²) in [5.74, 6) is 0.771. The Morgan fingerprint density at radius 1 is 1.43 bits per heavy atom. The molecule has 0 bridgehead atoms. The van der Waals surface area contributed by atoms with Gasteiger partial charge in [-0.25, -0.2) is 0 Å². The van der Waals surface area contributed by atoms with Crippen molar-refractivity contribution in [2.75, 3.05) is 20.7 Å². The summed E-state index contributed by atoms with van der Waals surface area (Å²) in [6.07, 6.45) is 0.307. The van der Waals surface area contributed by atoms with Gasteiger partial charge in [-0.15, -0.1) is 11.8 Å². The molecular formula is C15H20N2O3S. The van der Waals surface area contributed by atoms with Crippen LogP contribution in [0.3, 0.4) is 0 Å². The Morgan fingerprint density at radius 2 is 2.14 bits per heavy atom. The first-order valence-corrected chi connectivity index (χ1v) is 7.82. The molecule has 1 aliphatic rings. The monoisotopic (exact) mass is 308 g/mol. The molecule has 0 radical (unpaired) electrons. The minimum absolute atomic E-state index is 0.0638. The Morgan fingerprint density at radius 3 is 2.81 bits per heavy atom. The number of rotatable bonds is 5. The van der Waals surface area contributed by atoms with Crippen molar-refractivity contribution in [3.05, 3.63) is 29.8 Å². The summed E-state index contributed by atoms with van der Waals surface area (Å²) in [6, 6.07) is 7.69. The summed E-state index contributed by atoms with van der Waals surface area (Å²) in [4.78, 5) is 25.5. The van der Waals surface area contributed by atoms with Crippen LogP contribution in [-0.2, 0) is 9.59 Å². The first-order valence-electron chi connectivity index (χ1n) is 6.88. The maximum Gasteiger partial charge on any atom is 0.236 e. The smallest absolute Gasteiger partial charge is 0.236 e. The molecule has 1 aromatic rings. The average molecular weight is 308 g/mol. The fraction of sp³-hybridized carbons (Fsp3) is 0.467. The number of hydrogen-bond donors (Lipinski definition) is 1. The fourth-order valence-corrected chi connectivity index (χ4v) is 3.70. The molecule has 0 aromatic heterocycles. The highest BCUT2D eigenvalue weighted by atomic mass is 32.2. The van der Waals surface area contributed by atoms with Crippen molar-refractivity contribution in [1.29, 1.82) is 0 Å². The van der Waals surface area contributed by atoms with E-state index in [1.807, 2.05) is 31.2 Å². The number of methoxy groups -OCH3 is 1. The molecule has 1 N–H and O–H groups in total. The summed E-state index contributed by atoms with van der Waals surface area (Å²) >= 11 is 1.59. The van der Waals surface area contributed by atoms with Crippen molar-refractivity contribution in [2.24, 2.45) is 0 Å². The highest BCUT2D eigenvalue weighted by Crippen LogP contribution is 2.45. The molecule has 6 heteroatoms. The lowest BCUT2D eigenvalue weighted by molar-refractivity contribution is -0.130. The van der Waals surface area contributed by atoms with Crippen LogP contribution in [-0.4, -0.2) is 42.7 Å². The first-order chi connectivity index (χ1) is 10.1. The minimum Gasteiger partial charge on any atom is -0.496 e. The van der Waals surface area contributed by atoms with Crippen LogP contribution in [0.5, 0.6) is 5.75 Å². The Hall–Kier alpha value is -1.69. The number of nitrogens with zero attached hydrogens (tertiary/aromatic N) is 1. The van der Waals surface area contributed by atoms with E-state index in [4.69, 9.17) is 4.74 Å². The van der Waals surface area contributed by atoms with E-state index in [1.165, 1.54) is 0 Å². The summed E-state index contributed by atoms with van der Waals surface area (Å²) in [7, 11) is 3.22. The van der Waals surface area contributed by atoms with E-state index in [0.717, 1.165) is 11.3 Å². The van der Waals surface area contributed by atoms with Crippen LogP contribution in [0.1, 0.15) is 24.3 Å². The number of carbonyl (C=O) groups excluding carboxylic acids is 2. The molecule has 0 spiro atoms. The van der Waals surface area contributed by atoms with Crippen LogP contribution < -0.4 is 10.1 Å². The van der Waals surface area contributed by atoms with E-state index in [1.54, 1.807) is 30.8 Å². The van der Waals surface area contributed by atoms with E-state index in [9.17, 15) is 9.59 Å². The second-order valence-electron chi connectivity index (χ2n) is 4.83. The second-order valence-corrected chi connectivity index (χ2v) is 6.25. The Bertz CT molecular complexity index is 535. The molecule has 1 fully saturated rings. The third-order valence-electron chi connectivity index (χ3n) is 3.51. The average Bonchev–Trinajstić information content (AvgIpc) is 2.80. The number of nitrogens with one attached hydrogen (secondary N) is 1. The first kappa shape index (κ1) is 15.7. The normalized spacial score (nSPS) is 21.5. The van der Waals surface area contributed by atoms with E-state index >= 15 is 0 Å². The molecule has 114 valence electrons. The summed E-state index contributed by atoms with van der Waals surface area (Å²) in [5, 5.41) is 2.37. The molecule has 2 rings (SSSR count). The van der Waals surface area contributed by atoms with Crippen molar-refractivity contribution in [3.8, 4) is 5.75 Å². The van der Waals surface area contributed by atoms with Crippen LogP contribution in [0.2, 0.25) is 0 Å². The molecule has 2 unspecified atom stereocenters. The summed E-state index contributed by atoms with van der Waals surface area (Å²) in [6.45, 7) is 2.31. The van der Waals surface area contributed by atoms with Crippen molar-refractivity contribution >= 4 is 23.6 Å². The number of ether oxygens (including phenoxy) is 1. The zero-order valence-electron chi connectivity index (χ0n) is 12.5. The lowest BCUT2D eigenvalue weighted by Gasteiger charge is -2.25. The molecule has 1 aromatic carbocycles. The summed E-state index contributed by atoms with van der Waals surface area (Å²) in [5.41, 5.74) is 0.972. The maximum atomic E-state index is 12.3. The van der Waals surface area contributed by atoms with Crippen LogP contribution >= 0.6 is 11.8 Å². The van der Waals surface area contributed by atoms with Gasteiger partial charge in [0.1, 0.15) is 11.1 Å². The Balaban J connectivity index is 2.23. The van der Waals surface area contributed by atoms with Crippen LogP contribution in [0.25, 0.3) is 0 Å². The van der Waals surface area contributed by atoms with Gasteiger partial charge in [-0.05, 0) is 13.0 Å². The highest BCUT2D eigenvalue weighted by molar-refractivity contribution is 8.01. The van der Waals surface area contributed by atoms with Gasteiger partial charge in [-0.2, -0.15) is 0 Å². The zero-order chi connectivity index (χ0) is 15.4. The molecule has 0 aliphatic carbocycles. The number of para-hydroxylation sites is 1. The molecule has 1 aliphatic heterocycles. The maximum absolute atomic E-state index is 12.3. The van der Waals surface area contributed by atoms with Gasteiger partial charge < -0.3 is 15.0 Å². The van der Waals surface area contributed by atoms with Gasteiger partial charge in [-0.1, -0.05) is 18.2 Å². The van der Waals surface area contributed by atoms with Crippen LogP contribution in [0, 0.1) is 0 Å². The molecule has 21 heavy (non-hydrogen) atoms. The van der Waals surface area contributed by atoms with Gasteiger partial charge in [0.15, 0.2) is 0 Å². The fourth-order valence-electron chi connectivity index (χ4n) is 2.36.